The van der Waals surface area contributed by atoms with Crippen LogP contribution >= 0.6 is 0 Å². The summed E-state index contributed by atoms with van der Waals surface area (Å²) in [4.78, 5) is 0. The highest BCUT2D eigenvalue weighted by Gasteiger charge is 2.25. The fourth-order valence-electron chi connectivity index (χ4n) is 1.51. The highest BCUT2D eigenvalue weighted by Crippen LogP contribution is 2.22. The van der Waals surface area contributed by atoms with Crippen molar-refractivity contribution < 1.29 is 4.43 Å². The van der Waals surface area contributed by atoms with Gasteiger partial charge in [0.2, 0.25) is 0 Å². The van der Waals surface area contributed by atoms with E-state index < -0.39 is 5.72 Å². The zero-order valence-electron chi connectivity index (χ0n) is 8.79. The van der Waals surface area contributed by atoms with Gasteiger partial charge in [-0.3, -0.25) is 5.32 Å². The highest BCUT2D eigenvalue weighted by atomic mass is 28.2. The maximum Gasteiger partial charge on any atom is 0.153 e. The number of hydrogen-bond donors (Lipinski definition) is 1. The van der Waals surface area contributed by atoms with Crippen LogP contribution in [0, 0.1) is 0 Å². The van der Waals surface area contributed by atoms with Gasteiger partial charge in [-0.1, -0.05) is 43.8 Å². The predicted molar refractivity (Wildman–Crippen MR) is 63.0 cm³/mol. The summed E-state index contributed by atoms with van der Waals surface area (Å²) in [5.74, 6) is 0. The summed E-state index contributed by atoms with van der Waals surface area (Å²) in [5, 5.41) is 3.31. The summed E-state index contributed by atoms with van der Waals surface area (Å²) < 4.78 is 5.62. The van der Waals surface area contributed by atoms with E-state index >= 15 is 0 Å². The number of nitrogens with one attached hydrogen (secondary N) is 1. The zero-order chi connectivity index (χ0) is 10.4. The Hall–Kier alpha value is -0.903. The lowest BCUT2D eigenvalue weighted by Gasteiger charge is -2.31. The molecular weight excluding hydrogens is 190 g/mol. The zero-order valence-corrected chi connectivity index (χ0v) is 10.8. The Morgan fingerprint density at radius 3 is 2.57 bits per heavy atom. The molecule has 0 aliphatic rings. The molecule has 1 N–H and O–H groups in total. The lowest BCUT2D eigenvalue weighted by atomic mass is 10.0. The monoisotopic (exact) mass is 207 g/mol. The fraction of sp³-hybridized carbons (Fsp3) is 0.273. The minimum Gasteiger partial charge on any atom is -0.404 e. The molecule has 0 aliphatic carbocycles. The summed E-state index contributed by atoms with van der Waals surface area (Å²) in [6.07, 6.45) is 1.82. The molecule has 0 aliphatic heterocycles. The largest absolute Gasteiger partial charge is 0.404 e. The molecule has 0 radical (unpaired) electrons. The summed E-state index contributed by atoms with van der Waals surface area (Å²) in [7, 11) is 0.671. The first-order valence-corrected chi connectivity index (χ1v) is 5.60. The Kier molecular flexibility index (Phi) is 4.07. The van der Waals surface area contributed by atoms with Crippen molar-refractivity contribution >= 4 is 10.5 Å². The van der Waals surface area contributed by atoms with Crippen LogP contribution in [0.4, 0.5) is 0 Å². The van der Waals surface area contributed by atoms with E-state index in [-0.39, 0.29) is 0 Å². The highest BCUT2D eigenvalue weighted by molar-refractivity contribution is 5.98. The molecule has 1 aromatic rings. The van der Waals surface area contributed by atoms with Crippen LogP contribution in [0.2, 0.25) is 0 Å². The van der Waals surface area contributed by atoms with Crippen LogP contribution in [0.3, 0.4) is 0 Å². The van der Waals surface area contributed by atoms with Crippen molar-refractivity contribution in [3.63, 3.8) is 0 Å². The number of likely N-dealkylation sites (N-methyl/N-ethyl adjacent to an activating group) is 1. The molecule has 0 spiro atoms. The quantitative estimate of drug-likeness (QED) is 0.441. The van der Waals surface area contributed by atoms with E-state index in [1.54, 1.807) is 0 Å². The van der Waals surface area contributed by atoms with Crippen LogP contribution in [0.1, 0.15) is 12.5 Å². The Morgan fingerprint density at radius 1 is 1.50 bits per heavy atom. The molecule has 14 heavy (non-hydrogen) atoms. The van der Waals surface area contributed by atoms with Gasteiger partial charge < -0.3 is 4.43 Å². The molecule has 0 aromatic heterocycles. The van der Waals surface area contributed by atoms with Gasteiger partial charge in [0.25, 0.3) is 0 Å². The van der Waals surface area contributed by atoms with Crippen molar-refractivity contribution in [1.82, 2.24) is 5.32 Å². The minimum absolute atomic E-state index is 0.498. The van der Waals surface area contributed by atoms with Crippen LogP contribution in [-0.4, -0.2) is 17.0 Å². The van der Waals surface area contributed by atoms with E-state index in [0.29, 0.717) is 10.5 Å². The molecule has 0 bridgehead atoms. The van der Waals surface area contributed by atoms with Crippen LogP contribution in [-0.2, 0) is 10.2 Å². The van der Waals surface area contributed by atoms with Crippen molar-refractivity contribution in [2.75, 3.05) is 6.54 Å². The standard InChI is InChI=1S/C11H17NOSi/c1-3-11(13-14,12-4-2)10-8-6-5-7-9-10/h3,5-9,12H,1,4H2,2,14H3. The second-order valence-electron chi connectivity index (χ2n) is 3.04. The molecule has 0 amide bonds. The van der Waals surface area contributed by atoms with Gasteiger partial charge >= 0.3 is 0 Å². The van der Waals surface area contributed by atoms with Crippen molar-refractivity contribution in [2.45, 2.75) is 12.6 Å². The van der Waals surface area contributed by atoms with Crippen molar-refractivity contribution in [3.05, 3.63) is 48.6 Å². The number of rotatable bonds is 5. The van der Waals surface area contributed by atoms with E-state index in [1.165, 1.54) is 0 Å². The second-order valence-corrected chi connectivity index (χ2v) is 3.45. The minimum atomic E-state index is -0.498. The smallest absolute Gasteiger partial charge is 0.153 e. The lowest BCUT2D eigenvalue weighted by molar-refractivity contribution is 0.0951. The van der Waals surface area contributed by atoms with E-state index in [1.807, 2.05) is 36.4 Å². The van der Waals surface area contributed by atoms with Crippen molar-refractivity contribution in [1.29, 1.82) is 0 Å². The Bertz CT molecular complexity index is 289. The molecule has 0 heterocycles. The molecule has 0 saturated heterocycles. The van der Waals surface area contributed by atoms with Gasteiger partial charge in [-0.25, -0.2) is 0 Å². The SMILES string of the molecule is C=CC(NCC)(O[SiH3])c1ccccc1. The normalized spacial score (nSPS) is 14.9. The Morgan fingerprint density at radius 2 is 2.14 bits per heavy atom. The molecule has 0 saturated carbocycles. The third kappa shape index (κ3) is 2.12. The van der Waals surface area contributed by atoms with E-state index in [2.05, 4.69) is 18.8 Å². The second kappa shape index (κ2) is 5.10. The van der Waals surface area contributed by atoms with Crippen LogP contribution in [0.15, 0.2) is 43.0 Å². The molecule has 1 atom stereocenters. The average Bonchev–Trinajstić information content (AvgIpc) is 2.27. The maximum atomic E-state index is 5.62. The number of benzene rings is 1. The van der Waals surface area contributed by atoms with Gasteiger partial charge in [-0.05, 0) is 12.6 Å². The molecule has 1 aromatic carbocycles. The van der Waals surface area contributed by atoms with Gasteiger partial charge in [-0.15, -0.1) is 0 Å². The van der Waals surface area contributed by atoms with Gasteiger partial charge in [0, 0.05) is 5.56 Å². The summed E-state index contributed by atoms with van der Waals surface area (Å²) in [6, 6.07) is 10.1. The van der Waals surface area contributed by atoms with E-state index in [0.717, 1.165) is 12.1 Å². The van der Waals surface area contributed by atoms with Gasteiger partial charge in [-0.2, -0.15) is 0 Å². The van der Waals surface area contributed by atoms with E-state index in [4.69, 9.17) is 4.43 Å². The third-order valence-corrected chi connectivity index (χ3v) is 2.90. The first-order chi connectivity index (χ1) is 6.79. The molecule has 0 fully saturated rings. The van der Waals surface area contributed by atoms with Gasteiger partial charge in [0.1, 0.15) is 10.5 Å². The third-order valence-electron chi connectivity index (χ3n) is 2.25. The van der Waals surface area contributed by atoms with Crippen molar-refractivity contribution in [3.8, 4) is 0 Å². The summed E-state index contributed by atoms with van der Waals surface area (Å²) in [5.41, 5.74) is 0.606. The van der Waals surface area contributed by atoms with Gasteiger partial charge in [0.15, 0.2) is 5.72 Å². The molecule has 1 rings (SSSR count). The van der Waals surface area contributed by atoms with Gasteiger partial charge in [0.05, 0.1) is 0 Å². The van der Waals surface area contributed by atoms with Crippen LogP contribution in [0.5, 0.6) is 0 Å². The molecule has 76 valence electrons. The molecule has 3 heteroatoms. The first kappa shape index (κ1) is 11.2. The lowest BCUT2D eigenvalue weighted by Crippen LogP contribution is -2.42. The van der Waals surface area contributed by atoms with Crippen molar-refractivity contribution in [2.24, 2.45) is 0 Å². The van der Waals surface area contributed by atoms with Crippen LogP contribution in [0.25, 0.3) is 0 Å². The average molecular weight is 207 g/mol. The molecule has 1 unspecified atom stereocenters. The summed E-state index contributed by atoms with van der Waals surface area (Å²) in [6.45, 7) is 6.74. The predicted octanol–water partition coefficient (Wildman–Crippen LogP) is 0.932. The van der Waals surface area contributed by atoms with Crippen LogP contribution < -0.4 is 5.32 Å². The topological polar surface area (TPSA) is 21.3 Å². The Labute approximate surface area is 88.5 Å². The first-order valence-electron chi connectivity index (χ1n) is 4.78. The fourth-order valence-corrected chi connectivity index (χ4v) is 2.06. The maximum absolute atomic E-state index is 5.62. The molecule has 2 nitrogen and oxygen atoms in total. The van der Waals surface area contributed by atoms with E-state index in [9.17, 15) is 0 Å². The molecular formula is C11H17NOSi. The summed E-state index contributed by atoms with van der Waals surface area (Å²) >= 11 is 0. The number of hydrogen-bond acceptors (Lipinski definition) is 2. The Balaban J connectivity index is 3.04.